The Morgan fingerprint density at radius 2 is 1.82 bits per heavy atom. The van der Waals surface area contributed by atoms with Crippen LogP contribution in [0.3, 0.4) is 0 Å². The van der Waals surface area contributed by atoms with Crippen LogP contribution < -0.4 is 10.2 Å². The van der Waals surface area contributed by atoms with Gasteiger partial charge in [-0.2, -0.15) is 5.26 Å². The van der Waals surface area contributed by atoms with E-state index in [-0.39, 0.29) is 28.3 Å². The molecule has 2 aromatic carbocycles. The van der Waals surface area contributed by atoms with Crippen molar-refractivity contribution in [2.45, 2.75) is 50.5 Å². The van der Waals surface area contributed by atoms with Crippen LogP contribution >= 0.6 is 11.6 Å². The van der Waals surface area contributed by atoms with Crippen LogP contribution in [-0.4, -0.2) is 45.2 Å². The fourth-order valence-corrected chi connectivity index (χ4v) is 6.26. The van der Waals surface area contributed by atoms with Crippen LogP contribution in [0.1, 0.15) is 44.9 Å². The van der Waals surface area contributed by atoms with E-state index in [0.29, 0.717) is 17.2 Å². The Bertz CT molecular complexity index is 1400. The van der Waals surface area contributed by atoms with E-state index in [1.54, 1.807) is 12.1 Å². The molecule has 1 N–H and O–H groups in total. The largest absolute Gasteiger partial charge is 0.444 e. The molecule has 40 heavy (non-hydrogen) atoms. The number of benzene rings is 2. The lowest BCUT2D eigenvalue weighted by atomic mass is 9.88. The van der Waals surface area contributed by atoms with Gasteiger partial charge in [-0.3, -0.25) is 9.00 Å². The van der Waals surface area contributed by atoms with Crippen molar-refractivity contribution in [2.24, 2.45) is 5.92 Å². The predicted octanol–water partition coefficient (Wildman–Crippen LogP) is 6.11. The van der Waals surface area contributed by atoms with E-state index in [2.05, 4.69) is 21.3 Å². The highest BCUT2D eigenvalue weighted by Gasteiger charge is 2.45. The Morgan fingerprint density at radius 3 is 2.48 bits per heavy atom. The molecule has 1 saturated heterocycles. The first-order chi connectivity index (χ1) is 19.4. The number of aromatic nitrogens is 1. The van der Waals surface area contributed by atoms with Crippen molar-refractivity contribution >= 4 is 34.0 Å². The number of oxazole rings is 1. The second kappa shape index (κ2) is 12.5. The number of hydrogen-bond acceptors (Lipinski definition) is 6. The van der Waals surface area contributed by atoms with Crippen molar-refractivity contribution < 1.29 is 17.8 Å². The summed E-state index contributed by atoms with van der Waals surface area (Å²) in [4.78, 5) is 18.4. The van der Waals surface area contributed by atoms with Gasteiger partial charge in [0.2, 0.25) is 11.8 Å². The van der Waals surface area contributed by atoms with Crippen molar-refractivity contribution in [3.05, 3.63) is 59.6 Å². The minimum absolute atomic E-state index is 0.0362. The molecular weight excluding hydrogens is 551 g/mol. The normalized spacial score (nSPS) is 18.8. The van der Waals surface area contributed by atoms with Crippen molar-refractivity contribution in [3.8, 4) is 28.8 Å². The van der Waals surface area contributed by atoms with Gasteiger partial charge in [-0.25, -0.2) is 9.37 Å². The number of nitrogens with one attached hydrogen (secondary N) is 1. The Labute approximate surface area is 241 Å². The van der Waals surface area contributed by atoms with Crippen LogP contribution in [0.5, 0.6) is 0 Å². The van der Waals surface area contributed by atoms with Gasteiger partial charge in [0, 0.05) is 52.6 Å². The van der Waals surface area contributed by atoms with Crippen LogP contribution in [0.2, 0.25) is 5.02 Å². The molecule has 3 fully saturated rings. The lowest BCUT2D eigenvalue weighted by Gasteiger charge is -2.28. The Morgan fingerprint density at radius 1 is 1.12 bits per heavy atom. The number of nitrogens with zero attached hydrogens (tertiary/aromatic N) is 3. The number of anilines is 1. The van der Waals surface area contributed by atoms with Crippen LogP contribution in [-0.2, 0) is 15.6 Å². The topological polar surface area (TPSA) is 99.2 Å². The van der Waals surface area contributed by atoms with E-state index in [0.717, 1.165) is 62.9 Å². The molecule has 2 heterocycles. The second-order valence-corrected chi connectivity index (χ2v) is 12.6. The van der Waals surface area contributed by atoms with E-state index in [1.165, 1.54) is 18.8 Å². The first-order valence-electron chi connectivity index (χ1n) is 13.7. The van der Waals surface area contributed by atoms with Gasteiger partial charge in [-0.05, 0) is 49.9 Å². The standard InChI is InChI=1S/C19H16ClFN2O2S.C11H16N2O/c20-16-3-1-2-15(18(16)21)19-22-17(12-25-19)13-4-6-14(7-5-13)23-8-10-26(24)11-9-23;12-8-11(6-7-11)13-10(14)9-4-2-1-3-5-9/h1-7,12H,8-11H2;9H,1-7H2,(H,13,14). The summed E-state index contributed by atoms with van der Waals surface area (Å²) in [6, 6.07) is 14.9. The molecule has 1 amide bonds. The number of hydrogen-bond donors (Lipinski definition) is 1. The van der Waals surface area contributed by atoms with Gasteiger partial charge < -0.3 is 14.6 Å². The van der Waals surface area contributed by atoms with Crippen molar-refractivity contribution in [1.29, 1.82) is 5.26 Å². The average Bonchev–Trinajstić information content (AvgIpc) is 3.59. The molecule has 2 saturated carbocycles. The minimum Gasteiger partial charge on any atom is -0.444 e. The number of carbonyl (C=O) groups is 1. The molecule has 3 aliphatic rings. The van der Waals surface area contributed by atoms with Gasteiger partial charge in [-0.1, -0.05) is 49.1 Å². The lowest BCUT2D eigenvalue weighted by Crippen LogP contribution is -2.40. The Kier molecular flexibility index (Phi) is 8.87. The molecule has 10 heteroatoms. The molecular formula is C30H32ClFN4O3S. The molecule has 0 bridgehead atoms. The fraction of sp³-hybridized carbons (Fsp3) is 0.433. The summed E-state index contributed by atoms with van der Waals surface area (Å²) in [5, 5.41) is 11.8. The number of nitriles is 1. The fourth-order valence-electron chi connectivity index (χ4n) is 5.03. The maximum absolute atomic E-state index is 14.1. The zero-order chi connectivity index (χ0) is 28.1. The van der Waals surface area contributed by atoms with Crippen molar-refractivity contribution in [2.75, 3.05) is 29.5 Å². The molecule has 1 aromatic heterocycles. The van der Waals surface area contributed by atoms with Gasteiger partial charge >= 0.3 is 0 Å². The van der Waals surface area contributed by atoms with Crippen LogP contribution in [0, 0.1) is 23.1 Å². The highest BCUT2D eigenvalue weighted by atomic mass is 35.5. The molecule has 7 nitrogen and oxygen atoms in total. The summed E-state index contributed by atoms with van der Waals surface area (Å²) >= 11 is 5.82. The predicted molar refractivity (Wildman–Crippen MR) is 155 cm³/mol. The van der Waals surface area contributed by atoms with E-state index in [4.69, 9.17) is 21.3 Å². The number of halogens is 2. The average molecular weight is 583 g/mol. The molecule has 2 aliphatic carbocycles. The summed E-state index contributed by atoms with van der Waals surface area (Å²) in [5.74, 6) is 1.36. The van der Waals surface area contributed by atoms with E-state index >= 15 is 0 Å². The second-order valence-electron chi connectivity index (χ2n) is 10.5. The van der Waals surface area contributed by atoms with Gasteiger partial charge in [0.1, 0.15) is 17.5 Å². The maximum atomic E-state index is 14.1. The molecule has 210 valence electrons. The third-order valence-corrected chi connectivity index (χ3v) is 9.26. The molecule has 0 radical (unpaired) electrons. The first-order valence-corrected chi connectivity index (χ1v) is 15.6. The van der Waals surface area contributed by atoms with E-state index < -0.39 is 22.2 Å². The zero-order valence-corrected chi connectivity index (χ0v) is 23.8. The number of amides is 1. The quantitative estimate of drug-likeness (QED) is 0.390. The molecule has 3 aromatic rings. The van der Waals surface area contributed by atoms with Gasteiger partial charge in [0.15, 0.2) is 5.82 Å². The molecule has 0 spiro atoms. The SMILES string of the molecule is N#CC1(NC(=O)C2CCCCC2)CC1.O=S1CCN(c2ccc(-c3coc(-c4cccc(Cl)c4F)n3)cc2)CC1. The molecule has 0 atom stereocenters. The highest BCUT2D eigenvalue weighted by Crippen LogP contribution is 2.35. The van der Waals surface area contributed by atoms with Gasteiger partial charge in [-0.15, -0.1) is 0 Å². The third kappa shape index (κ3) is 6.73. The van der Waals surface area contributed by atoms with Gasteiger partial charge in [0.05, 0.1) is 16.7 Å². The van der Waals surface area contributed by atoms with E-state index in [1.807, 2.05) is 24.3 Å². The lowest BCUT2D eigenvalue weighted by molar-refractivity contribution is -0.126. The summed E-state index contributed by atoms with van der Waals surface area (Å²) in [5.41, 5.74) is 2.36. The Hall–Kier alpha value is -3.22. The molecule has 1 aliphatic heterocycles. The Balaban J connectivity index is 0.000000194. The van der Waals surface area contributed by atoms with Crippen molar-refractivity contribution in [1.82, 2.24) is 10.3 Å². The third-order valence-electron chi connectivity index (χ3n) is 7.69. The van der Waals surface area contributed by atoms with Crippen LogP contribution in [0.25, 0.3) is 22.7 Å². The maximum Gasteiger partial charge on any atom is 0.229 e. The summed E-state index contributed by atoms with van der Waals surface area (Å²) in [7, 11) is -0.692. The van der Waals surface area contributed by atoms with Crippen molar-refractivity contribution in [3.63, 3.8) is 0 Å². The zero-order valence-electron chi connectivity index (χ0n) is 22.2. The summed E-state index contributed by atoms with van der Waals surface area (Å²) in [6.45, 7) is 1.60. The molecule has 6 rings (SSSR count). The smallest absolute Gasteiger partial charge is 0.229 e. The van der Waals surface area contributed by atoms with Crippen LogP contribution in [0.4, 0.5) is 10.1 Å². The number of rotatable bonds is 5. The first kappa shape index (κ1) is 28.3. The summed E-state index contributed by atoms with van der Waals surface area (Å²) in [6.07, 6.45) is 8.78. The van der Waals surface area contributed by atoms with Gasteiger partial charge in [0.25, 0.3) is 0 Å². The number of carbonyl (C=O) groups excluding carboxylic acids is 1. The van der Waals surface area contributed by atoms with E-state index in [9.17, 15) is 13.4 Å². The highest BCUT2D eigenvalue weighted by molar-refractivity contribution is 7.85. The monoisotopic (exact) mass is 582 g/mol. The minimum atomic E-state index is -0.692. The van der Waals surface area contributed by atoms with Crippen LogP contribution in [0.15, 0.2) is 53.1 Å². The summed E-state index contributed by atoms with van der Waals surface area (Å²) < 4.78 is 31.0. The molecule has 0 unspecified atom stereocenters.